The fraction of sp³-hybridized carbons (Fsp3) is 1.00. The molecule has 0 N–H and O–H groups in total. The highest BCUT2D eigenvalue weighted by atomic mass is 32.2. The Kier molecular flexibility index (Phi) is 4.50. The molecule has 2 heterocycles. The SMILES string of the molecule is CCC1C(S(=O)(=O)C2CCS(=O)(=O)C2CC)CCS1(=O)=O. The van der Waals surface area contributed by atoms with Crippen LogP contribution in [0.4, 0.5) is 0 Å². The lowest BCUT2D eigenvalue weighted by Gasteiger charge is -2.24. The molecule has 4 unspecified atom stereocenters. The Morgan fingerprint density at radius 3 is 1.43 bits per heavy atom. The van der Waals surface area contributed by atoms with Gasteiger partial charge in [0, 0.05) is 0 Å². The zero-order valence-electron chi connectivity index (χ0n) is 12.2. The molecule has 0 amide bonds. The molecular weight excluding hydrogens is 336 g/mol. The largest absolute Gasteiger partial charge is 0.229 e. The lowest BCUT2D eigenvalue weighted by Crippen LogP contribution is -2.42. The summed E-state index contributed by atoms with van der Waals surface area (Å²) in [5.74, 6) is -0.239. The van der Waals surface area contributed by atoms with Gasteiger partial charge in [-0.2, -0.15) is 0 Å². The Balaban J connectivity index is 2.40. The zero-order valence-corrected chi connectivity index (χ0v) is 14.7. The molecule has 2 fully saturated rings. The third-order valence-electron chi connectivity index (χ3n) is 4.77. The molecule has 2 saturated heterocycles. The first-order chi connectivity index (χ1) is 9.58. The van der Waals surface area contributed by atoms with Gasteiger partial charge in [-0.05, 0) is 25.7 Å². The molecular formula is C12H22O6S3. The Hall–Kier alpha value is -0.150. The lowest BCUT2D eigenvalue weighted by atomic mass is 10.2. The molecule has 0 radical (unpaired) electrons. The second-order valence-corrected chi connectivity index (χ2v) is 12.9. The molecule has 0 aromatic heterocycles. The molecule has 124 valence electrons. The predicted octanol–water partition coefficient (Wildman–Crippen LogP) is 0.333. The number of sulfone groups is 3. The van der Waals surface area contributed by atoms with E-state index in [1.165, 1.54) is 0 Å². The molecule has 0 aromatic carbocycles. The van der Waals surface area contributed by atoms with E-state index in [1.807, 2.05) is 0 Å². The van der Waals surface area contributed by atoms with Gasteiger partial charge in [-0.25, -0.2) is 25.3 Å². The van der Waals surface area contributed by atoms with Crippen molar-refractivity contribution in [3.05, 3.63) is 0 Å². The van der Waals surface area contributed by atoms with Gasteiger partial charge in [0.15, 0.2) is 29.5 Å². The summed E-state index contributed by atoms with van der Waals surface area (Å²) in [7, 11) is -10.5. The van der Waals surface area contributed by atoms with E-state index >= 15 is 0 Å². The van der Waals surface area contributed by atoms with Gasteiger partial charge in [0.1, 0.15) is 0 Å². The normalized spacial score (nSPS) is 38.6. The minimum absolute atomic E-state index is 0.0934. The molecule has 2 aliphatic rings. The molecule has 2 aliphatic heterocycles. The maximum absolute atomic E-state index is 12.8. The summed E-state index contributed by atoms with van der Waals surface area (Å²) in [6.07, 6.45) is 0.692. The molecule has 0 aromatic rings. The Morgan fingerprint density at radius 1 is 0.810 bits per heavy atom. The van der Waals surface area contributed by atoms with Crippen molar-refractivity contribution in [3.63, 3.8) is 0 Å². The molecule has 4 atom stereocenters. The minimum Gasteiger partial charge on any atom is -0.229 e. The summed E-state index contributed by atoms with van der Waals surface area (Å²) in [5, 5.41) is -3.66. The van der Waals surface area contributed by atoms with E-state index < -0.39 is 50.5 Å². The van der Waals surface area contributed by atoms with Gasteiger partial charge in [-0.3, -0.25) is 0 Å². The molecule has 2 rings (SSSR count). The van der Waals surface area contributed by atoms with Crippen LogP contribution >= 0.6 is 0 Å². The standard InChI is InChI=1S/C12H22O6S3/c1-3-9-11(5-7-19(9,13)14)21(17,18)12-6-8-20(15,16)10(12)4-2/h9-12H,3-8H2,1-2H3. The van der Waals surface area contributed by atoms with Crippen LogP contribution in [0, 0.1) is 0 Å². The highest BCUT2D eigenvalue weighted by Crippen LogP contribution is 2.37. The average Bonchev–Trinajstić information content (AvgIpc) is 2.85. The van der Waals surface area contributed by atoms with Crippen molar-refractivity contribution >= 4 is 29.5 Å². The lowest BCUT2D eigenvalue weighted by molar-refractivity contribution is 0.540. The summed E-state index contributed by atoms with van der Waals surface area (Å²) in [5.41, 5.74) is 0. The van der Waals surface area contributed by atoms with Crippen LogP contribution in [0.2, 0.25) is 0 Å². The maximum Gasteiger partial charge on any atom is 0.158 e. The summed E-state index contributed by atoms with van der Waals surface area (Å²) in [6, 6.07) is 0. The van der Waals surface area contributed by atoms with Gasteiger partial charge in [0.05, 0.1) is 32.5 Å². The van der Waals surface area contributed by atoms with E-state index in [4.69, 9.17) is 0 Å². The minimum atomic E-state index is -3.76. The quantitative estimate of drug-likeness (QED) is 0.718. The number of rotatable bonds is 4. The maximum atomic E-state index is 12.8. The summed E-state index contributed by atoms with van der Waals surface area (Å²) in [6.45, 7) is 3.33. The first kappa shape index (κ1) is 17.2. The van der Waals surface area contributed by atoms with E-state index in [0.29, 0.717) is 0 Å². The van der Waals surface area contributed by atoms with E-state index in [9.17, 15) is 25.3 Å². The van der Waals surface area contributed by atoms with Crippen LogP contribution in [-0.2, 0) is 29.5 Å². The van der Waals surface area contributed by atoms with E-state index in [0.717, 1.165) is 0 Å². The van der Waals surface area contributed by atoms with Gasteiger partial charge in [0.2, 0.25) is 0 Å². The smallest absolute Gasteiger partial charge is 0.158 e. The molecule has 21 heavy (non-hydrogen) atoms. The fourth-order valence-corrected chi connectivity index (χ4v) is 12.5. The molecule has 9 heteroatoms. The van der Waals surface area contributed by atoms with Crippen molar-refractivity contribution in [1.29, 1.82) is 0 Å². The van der Waals surface area contributed by atoms with Crippen LogP contribution < -0.4 is 0 Å². The first-order valence-electron chi connectivity index (χ1n) is 7.23. The monoisotopic (exact) mass is 358 g/mol. The van der Waals surface area contributed by atoms with Gasteiger partial charge in [0.25, 0.3) is 0 Å². The van der Waals surface area contributed by atoms with Crippen LogP contribution in [0.3, 0.4) is 0 Å². The van der Waals surface area contributed by atoms with E-state index in [2.05, 4.69) is 0 Å². The van der Waals surface area contributed by atoms with Crippen LogP contribution in [-0.4, -0.2) is 57.8 Å². The van der Waals surface area contributed by atoms with Crippen molar-refractivity contribution in [2.24, 2.45) is 0 Å². The molecule has 0 aliphatic carbocycles. The van der Waals surface area contributed by atoms with Crippen LogP contribution in [0.25, 0.3) is 0 Å². The highest BCUT2D eigenvalue weighted by molar-refractivity contribution is 7.99. The summed E-state index contributed by atoms with van der Waals surface area (Å²) in [4.78, 5) is 0. The predicted molar refractivity (Wildman–Crippen MR) is 81.5 cm³/mol. The molecule has 6 nitrogen and oxygen atoms in total. The van der Waals surface area contributed by atoms with Gasteiger partial charge in [-0.15, -0.1) is 0 Å². The zero-order chi connectivity index (χ0) is 16.1. The fourth-order valence-electron chi connectivity index (χ4n) is 3.71. The Labute approximate surface area is 127 Å². The van der Waals surface area contributed by atoms with Crippen LogP contribution in [0.15, 0.2) is 0 Å². The van der Waals surface area contributed by atoms with Gasteiger partial charge in [-0.1, -0.05) is 13.8 Å². The second-order valence-electron chi connectivity index (χ2n) is 5.87. The second kappa shape index (κ2) is 5.49. The van der Waals surface area contributed by atoms with Gasteiger partial charge < -0.3 is 0 Å². The van der Waals surface area contributed by atoms with Gasteiger partial charge >= 0.3 is 0 Å². The number of hydrogen-bond donors (Lipinski definition) is 0. The number of hydrogen-bond acceptors (Lipinski definition) is 6. The molecule has 0 bridgehead atoms. The third-order valence-corrected chi connectivity index (χ3v) is 12.7. The summed E-state index contributed by atoms with van der Waals surface area (Å²) < 4.78 is 73.5. The first-order valence-corrected chi connectivity index (χ1v) is 12.3. The van der Waals surface area contributed by atoms with Crippen molar-refractivity contribution in [1.82, 2.24) is 0 Å². The van der Waals surface area contributed by atoms with Crippen molar-refractivity contribution in [2.75, 3.05) is 11.5 Å². The molecule has 0 spiro atoms. The van der Waals surface area contributed by atoms with Crippen LogP contribution in [0.1, 0.15) is 39.5 Å². The third kappa shape index (κ3) is 2.76. The molecule has 0 saturated carbocycles. The Bertz CT molecular complexity index is 648. The van der Waals surface area contributed by atoms with Crippen molar-refractivity contribution < 1.29 is 25.3 Å². The topological polar surface area (TPSA) is 102 Å². The van der Waals surface area contributed by atoms with Crippen LogP contribution in [0.5, 0.6) is 0 Å². The Morgan fingerprint density at radius 2 is 1.14 bits per heavy atom. The van der Waals surface area contributed by atoms with E-state index in [-0.39, 0.29) is 37.2 Å². The van der Waals surface area contributed by atoms with Crippen molar-refractivity contribution in [3.8, 4) is 0 Å². The average molecular weight is 359 g/mol. The van der Waals surface area contributed by atoms with Crippen molar-refractivity contribution in [2.45, 2.75) is 60.5 Å². The summed E-state index contributed by atoms with van der Waals surface area (Å²) >= 11 is 0. The van der Waals surface area contributed by atoms with E-state index in [1.54, 1.807) is 13.8 Å². The highest BCUT2D eigenvalue weighted by Gasteiger charge is 2.53.